The largest absolute Gasteiger partial charge is 0.465 e. The highest BCUT2D eigenvalue weighted by Crippen LogP contribution is 2.25. The van der Waals surface area contributed by atoms with Gasteiger partial charge in [0.1, 0.15) is 17.6 Å². The summed E-state index contributed by atoms with van der Waals surface area (Å²) < 4.78 is 18.1. The molecule has 0 N–H and O–H groups in total. The summed E-state index contributed by atoms with van der Waals surface area (Å²) in [5, 5.41) is 0. The molecule has 0 amide bonds. The Morgan fingerprint density at radius 3 is 2.45 bits per heavy atom. The van der Waals surface area contributed by atoms with Gasteiger partial charge in [0.05, 0.1) is 6.61 Å². The molecule has 2 rings (SSSR count). The number of hydrogen-bond acceptors (Lipinski definition) is 4. The molecule has 4 nitrogen and oxygen atoms in total. The van der Waals surface area contributed by atoms with E-state index < -0.39 is 6.04 Å². The summed E-state index contributed by atoms with van der Waals surface area (Å²) in [6.45, 7) is 3.10. The highest BCUT2D eigenvalue weighted by Gasteiger charge is 2.31. The summed E-state index contributed by atoms with van der Waals surface area (Å²) in [6.07, 6.45) is 0.883. The topological polar surface area (TPSA) is 46.6 Å². The maximum absolute atomic E-state index is 13.0. The second-order valence-corrected chi connectivity index (χ2v) is 4.78. The summed E-state index contributed by atoms with van der Waals surface area (Å²) in [5.41, 5.74) is 0.694. The van der Waals surface area contributed by atoms with Crippen molar-refractivity contribution in [3.05, 3.63) is 35.6 Å². The van der Waals surface area contributed by atoms with E-state index in [0.717, 1.165) is 0 Å². The Bertz CT molecular complexity index is 476. The van der Waals surface area contributed by atoms with Crippen LogP contribution in [0.1, 0.15) is 31.4 Å². The van der Waals surface area contributed by atoms with Crippen LogP contribution in [0.4, 0.5) is 4.39 Å². The van der Waals surface area contributed by atoms with Crippen LogP contribution in [-0.4, -0.2) is 36.3 Å². The number of hydrogen-bond donors (Lipinski definition) is 0. The predicted molar refractivity (Wildman–Crippen MR) is 71.6 cm³/mol. The van der Waals surface area contributed by atoms with Gasteiger partial charge in [0.15, 0.2) is 0 Å². The van der Waals surface area contributed by atoms with Gasteiger partial charge in [-0.05, 0) is 24.6 Å². The van der Waals surface area contributed by atoms with Crippen molar-refractivity contribution in [1.29, 1.82) is 0 Å². The minimum absolute atomic E-state index is 0.211. The van der Waals surface area contributed by atoms with Crippen LogP contribution in [0.15, 0.2) is 24.3 Å². The fourth-order valence-corrected chi connectivity index (χ4v) is 2.39. The van der Waals surface area contributed by atoms with Gasteiger partial charge >= 0.3 is 5.97 Å². The average Bonchev–Trinajstić information content (AvgIpc) is 2.44. The first-order valence-electron chi connectivity index (χ1n) is 6.79. The number of ketones is 1. The SMILES string of the molecule is CCOC(=O)C(c1ccc(F)cc1)N1CCC(=O)CC1. The maximum atomic E-state index is 13.0. The Labute approximate surface area is 117 Å². The summed E-state index contributed by atoms with van der Waals surface area (Å²) in [5.74, 6) is -0.485. The lowest BCUT2D eigenvalue weighted by Crippen LogP contribution is -2.41. The van der Waals surface area contributed by atoms with Crippen molar-refractivity contribution >= 4 is 11.8 Å². The molecule has 1 aromatic carbocycles. The van der Waals surface area contributed by atoms with Crippen LogP contribution in [-0.2, 0) is 14.3 Å². The number of benzene rings is 1. The van der Waals surface area contributed by atoms with Gasteiger partial charge in [-0.15, -0.1) is 0 Å². The average molecular weight is 279 g/mol. The zero-order chi connectivity index (χ0) is 14.5. The molecular weight excluding hydrogens is 261 g/mol. The second-order valence-electron chi connectivity index (χ2n) is 4.78. The molecule has 20 heavy (non-hydrogen) atoms. The van der Waals surface area contributed by atoms with Crippen LogP contribution < -0.4 is 0 Å². The monoisotopic (exact) mass is 279 g/mol. The first-order chi connectivity index (χ1) is 9.61. The lowest BCUT2D eigenvalue weighted by Gasteiger charge is -2.32. The molecule has 0 spiro atoms. The van der Waals surface area contributed by atoms with E-state index in [2.05, 4.69) is 0 Å². The van der Waals surface area contributed by atoms with Crippen molar-refractivity contribution in [2.75, 3.05) is 19.7 Å². The predicted octanol–water partition coefficient (Wildman–Crippen LogP) is 2.09. The zero-order valence-corrected chi connectivity index (χ0v) is 11.5. The van der Waals surface area contributed by atoms with Crippen molar-refractivity contribution < 1.29 is 18.7 Å². The smallest absolute Gasteiger partial charge is 0.327 e. The maximum Gasteiger partial charge on any atom is 0.327 e. The number of piperidine rings is 1. The number of carbonyl (C=O) groups is 2. The highest BCUT2D eigenvalue weighted by molar-refractivity contribution is 5.81. The van der Waals surface area contributed by atoms with Gasteiger partial charge in [0.25, 0.3) is 0 Å². The number of Topliss-reactive ketones (excluding diaryl/α,β-unsaturated/α-hetero) is 1. The molecule has 0 aliphatic carbocycles. The Hall–Kier alpha value is -1.75. The van der Waals surface area contributed by atoms with Gasteiger partial charge in [-0.3, -0.25) is 9.69 Å². The summed E-state index contributed by atoms with van der Waals surface area (Å²) in [4.78, 5) is 25.4. The van der Waals surface area contributed by atoms with Crippen LogP contribution in [0.2, 0.25) is 0 Å². The van der Waals surface area contributed by atoms with Crippen molar-refractivity contribution in [3.63, 3.8) is 0 Å². The van der Waals surface area contributed by atoms with E-state index in [1.807, 2.05) is 4.90 Å². The third-order valence-corrected chi connectivity index (χ3v) is 3.42. The van der Waals surface area contributed by atoms with Crippen LogP contribution in [0, 0.1) is 5.82 Å². The van der Waals surface area contributed by atoms with E-state index in [1.165, 1.54) is 12.1 Å². The van der Waals surface area contributed by atoms with E-state index in [-0.39, 0.29) is 17.6 Å². The Morgan fingerprint density at radius 1 is 1.30 bits per heavy atom. The fraction of sp³-hybridized carbons (Fsp3) is 0.467. The number of likely N-dealkylation sites (tertiary alicyclic amines) is 1. The molecular formula is C15H18FNO3. The molecule has 1 fully saturated rings. The molecule has 0 radical (unpaired) electrons. The summed E-state index contributed by atoms with van der Waals surface area (Å²) in [7, 11) is 0. The van der Waals surface area contributed by atoms with E-state index in [0.29, 0.717) is 38.1 Å². The van der Waals surface area contributed by atoms with Crippen molar-refractivity contribution in [1.82, 2.24) is 4.90 Å². The van der Waals surface area contributed by atoms with E-state index in [4.69, 9.17) is 4.74 Å². The molecule has 1 saturated heterocycles. The molecule has 1 aromatic rings. The van der Waals surface area contributed by atoms with Gasteiger partial charge in [0, 0.05) is 25.9 Å². The van der Waals surface area contributed by atoms with E-state index in [9.17, 15) is 14.0 Å². The third-order valence-electron chi connectivity index (χ3n) is 3.42. The van der Waals surface area contributed by atoms with Crippen LogP contribution in [0.5, 0.6) is 0 Å². The van der Waals surface area contributed by atoms with Gasteiger partial charge < -0.3 is 4.74 Å². The van der Waals surface area contributed by atoms with Gasteiger partial charge in [-0.25, -0.2) is 9.18 Å². The van der Waals surface area contributed by atoms with E-state index >= 15 is 0 Å². The quantitative estimate of drug-likeness (QED) is 0.792. The normalized spacial score (nSPS) is 17.8. The minimum atomic E-state index is -0.566. The zero-order valence-electron chi connectivity index (χ0n) is 11.5. The van der Waals surface area contributed by atoms with Gasteiger partial charge in [0.2, 0.25) is 0 Å². The molecule has 108 valence electrons. The molecule has 1 atom stereocenters. The standard InChI is InChI=1S/C15H18FNO3/c1-2-20-15(19)14(11-3-5-12(16)6-4-11)17-9-7-13(18)8-10-17/h3-6,14H,2,7-10H2,1H3. The first kappa shape index (κ1) is 14.7. The van der Waals surface area contributed by atoms with Gasteiger partial charge in [-0.2, -0.15) is 0 Å². The second kappa shape index (κ2) is 6.61. The Morgan fingerprint density at radius 2 is 1.90 bits per heavy atom. The fourth-order valence-electron chi connectivity index (χ4n) is 2.39. The van der Waals surface area contributed by atoms with Crippen LogP contribution in [0.25, 0.3) is 0 Å². The van der Waals surface area contributed by atoms with Crippen molar-refractivity contribution in [2.45, 2.75) is 25.8 Å². The molecule has 0 aromatic heterocycles. The Kier molecular flexibility index (Phi) is 4.84. The number of ether oxygens (including phenoxy) is 1. The number of halogens is 1. The molecule has 0 saturated carbocycles. The molecule has 1 heterocycles. The number of nitrogens with zero attached hydrogens (tertiary/aromatic N) is 1. The van der Waals surface area contributed by atoms with Crippen LogP contribution >= 0.6 is 0 Å². The number of esters is 1. The molecule has 5 heteroatoms. The van der Waals surface area contributed by atoms with Crippen molar-refractivity contribution in [2.24, 2.45) is 0 Å². The van der Waals surface area contributed by atoms with Crippen molar-refractivity contribution in [3.8, 4) is 0 Å². The summed E-state index contributed by atoms with van der Waals surface area (Å²) in [6, 6.07) is 5.28. The first-order valence-corrected chi connectivity index (χ1v) is 6.79. The molecule has 1 aliphatic heterocycles. The lowest BCUT2D eigenvalue weighted by atomic mass is 10.0. The molecule has 1 aliphatic rings. The van der Waals surface area contributed by atoms with Gasteiger partial charge in [-0.1, -0.05) is 12.1 Å². The van der Waals surface area contributed by atoms with E-state index in [1.54, 1.807) is 19.1 Å². The molecule has 1 unspecified atom stereocenters. The summed E-state index contributed by atoms with van der Waals surface area (Å²) >= 11 is 0. The minimum Gasteiger partial charge on any atom is -0.465 e. The van der Waals surface area contributed by atoms with Crippen LogP contribution in [0.3, 0.4) is 0 Å². The highest BCUT2D eigenvalue weighted by atomic mass is 19.1. The molecule has 0 bridgehead atoms. The number of rotatable bonds is 4. The Balaban J connectivity index is 2.22. The number of carbonyl (C=O) groups excluding carboxylic acids is 2. The third kappa shape index (κ3) is 3.42. The lowest BCUT2D eigenvalue weighted by molar-refractivity contribution is -0.151.